The standard InChI is InChI=1S/C41H51N5O3/c1-45(2)28-15-26-42-30-39(47)44-40(48)32-46(29-25-38(35-20-11-5-12-21-35)36-22-13-6-14-23-36)41(49)31-43-27-24-37(33-16-7-3-8-17-33)34-18-9-4-10-19-34/h3-14,16-23,37-38,42-43H,15,24-32H2,1-2H3,(H,44,47,48). The van der Waals surface area contributed by atoms with Gasteiger partial charge in [0.1, 0.15) is 0 Å². The van der Waals surface area contributed by atoms with Crippen molar-refractivity contribution in [1.29, 1.82) is 0 Å². The molecule has 0 unspecified atom stereocenters. The van der Waals surface area contributed by atoms with Gasteiger partial charge in [-0.15, -0.1) is 0 Å². The second kappa shape index (κ2) is 20.7. The largest absolute Gasteiger partial charge is 0.332 e. The molecule has 0 spiro atoms. The molecule has 8 nitrogen and oxygen atoms in total. The molecule has 3 amide bonds. The van der Waals surface area contributed by atoms with Gasteiger partial charge < -0.3 is 20.4 Å². The van der Waals surface area contributed by atoms with Crippen LogP contribution in [0.15, 0.2) is 121 Å². The highest BCUT2D eigenvalue weighted by Crippen LogP contribution is 2.29. The molecule has 258 valence electrons. The summed E-state index contributed by atoms with van der Waals surface area (Å²) in [6, 6.07) is 41.2. The average molecular weight is 662 g/mol. The summed E-state index contributed by atoms with van der Waals surface area (Å²) in [7, 11) is 4.00. The third-order valence-electron chi connectivity index (χ3n) is 8.59. The lowest BCUT2D eigenvalue weighted by atomic mass is 9.88. The molecular weight excluding hydrogens is 610 g/mol. The topological polar surface area (TPSA) is 93.8 Å². The molecule has 0 saturated heterocycles. The second-order valence-electron chi connectivity index (χ2n) is 12.6. The summed E-state index contributed by atoms with van der Waals surface area (Å²) in [6.45, 7) is 2.50. The van der Waals surface area contributed by atoms with E-state index in [1.807, 2.05) is 62.6 Å². The molecule has 0 heterocycles. The Bertz CT molecular complexity index is 1460. The number of hydrogen-bond acceptors (Lipinski definition) is 6. The lowest BCUT2D eigenvalue weighted by molar-refractivity contribution is -0.137. The van der Waals surface area contributed by atoms with Gasteiger partial charge in [-0.1, -0.05) is 121 Å². The minimum atomic E-state index is -0.488. The maximum atomic E-state index is 13.7. The van der Waals surface area contributed by atoms with E-state index in [1.165, 1.54) is 11.1 Å². The van der Waals surface area contributed by atoms with Gasteiger partial charge in [0.15, 0.2) is 0 Å². The predicted octanol–water partition coefficient (Wildman–Crippen LogP) is 5.03. The van der Waals surface area contributed by atoms with Gasteiger partial charge in [-0.2, -0.15) is 0 Å². The van der Waals surface area contributed by atoms with Crippen molar-refractivity contribution in [3.8, 4) is 0 Å². The molecule has 0 aliphatic carbocycles. The van der Waals surface area contributed by atoms with E-state index < -0.39 is 11.8 Å². The number of benzene rings is 4. The molecule has 3 N–H and O–H groups in total. The third-order valence-corrected chi connectivity index (χ3v) is 8.59. The van der Waals surface area contributed by atoms with Crippen LogP contribution >= 0.6 is 0 Å². The van der Waals surface area contributed by atoms with Crippen molar-refractivity contribution in [3.05, 3.63) is 144 Å². The van der Waals surface area contributed by atoms with Crippen LogP contribution in [-0.2, 0) is 14.4 Å². The van der Waals surface area contributed by atoms with E-state index >= 15 is 0 Å². The van der Waals surface area contributed by atoms with Crippen LogP contribution in [0.2, 0.25) is 0 Å². The fraction of sp³-hybridized carbons (Fsp3) is 0.341. The van der Waals surface area contributed by atoms with Crippen LogP contribution in [0, 0.1) is 0 Å². The highest BCUT2D eigenvalue weighted by atomic mass is 16.2. The monoisotopic (exact) mass is 661 g/mol. The Morgan fingerprint density at radius 2 is 1.00 bits per heavy atom. The van der Waals surface area contributed by atoms with E-state index in [0.717, 1.165) is 30.5 Å². The smallest absolute Gasteiger partial charge is 0.246 e. The molecule has 8 heteroatoms. The molecule has 4 aromatic rings. The average Bonchev–Trinajstić information content (AvgIpc) is 3.12. The van der Waals surface area contributed by atoms with Crippen LogP contribution in [0.1, 0.15) is 53.4 Å². The minimum absolute atomic E-state index is 0.0409. The quantitative estimate of drug-likeness (QED) is 0.115. The van der Waals surface area contributed by atoms with Crippen molar-refractivity contribution in [1.82, 2.24) is 25.8 Å². The summed E-state index contributed by atoms with van der Waals surface area (Å²) in [5, 5.41) is 8.90. The summed E-state index contributed by atoms with van der Waals surface area (Å²) in [5.41, 5.74) is 4.74. The van der Waals surface area contributed by atoms with Crippen LogP contribution < -0.4 is 16.0 Å². The van der Waals surface area contributed by atoms with Gasteiger partial charge in [0.25, 0.3) is 0 Å². The van der Waals surface area contributed by atoms with Crippen molar-refractivity contribution in [2.45, 2.75) is 31.1 Å². The number of carbonyl (C=O) groups excluding carboxylic acids is 3. The Labute approximate surface area is 291 Å². The van der Waals surface area contributed by atoms with Gasteiger partial charge in [-0.3, -0.25) is 19.7 Å². The van der Waals surface area contributed by atoms with E-state index in [-0.39, 0.29) is 37.4 Å². The highest BCUT2D eigenvalue weighted by Gasteiger charge is 2.22. The fourth-order valence-corrected chi connectivity index (χ4v) is 6.06. The Morgan fingerprint density at radius 3 is 1.47 bits per heavy atom. The van der Waals surface area contributed by atoms with Crippen molar-refractivity contribution in [2.24, 2.45) is 0 Å². The number of rotatable bonds is 20. The second-order valence-corrected chi connectivity index (χ2v) is 12.6. The molecule has 0 aliphatic rings. The number of nitrogens with zero attached hydrogens (tertiary/aromatic N) is 2. The van der Waals surface area contributed by atoms with Crippen molar-refractivity contribution < 1.29 is 14.4 Å². The first-order valence-corrected chi connectivity index (χ1v) is 17.3. The van der Waals surface area contributed by atoms with Gasteiger partial charge in [0.2, 0.25) is 17.7 Å². The van der Waals surface area contributed by atoms with E-state index in [1.54, 1.807) is 4.90 Å². The van der Waals surface area contributed by atoms with Gasteiger partial charge >= 0.3 is 0 Å². The molecule has 0 fully saturated rings. The Morgan fingerprint density at radius 1 is 0.551 bits per heavy atom. The molecule has 0 radical (unpaired) electrons. The van der Waals surface area contributed by atoms with Gasteiger partial charge in [-0.25, -0.2) is 0 Å². The third kappa shape index (κ3) is 13.1. The molecule has 0 atom stereocenters. The molecule has 0 bridgehead atoms. The minimum Gasteiger partial charge on any atom is -0.332 e. The van der Waals surface area contributed by atoms with Crippen LogP contribution in [0.3, 0.4) is 0 Å². The van der Waals surface area contributed by atoms with E-state index in [0.29, 0.717) is 26.1 Å². The lowest BCUT2D eigenvalue weighted by Gasteiger charge is -2.26. The number of imide groups is 1. The molecule has 4 rings (SSSR count). The van der Waals surface area contributed by atoms with Gasteiger partial charge in [0, 0.05) is 18.4 Å². The molecule has 0 saturated carbocycles. The number of carbonyl (C=O) groups is 3. The van der Waals surface area contributed by atoms with Crippen LogP contribution in [0.5, 0.6) is 0 Å². The SMILES string of the molecule is CN(C)CCCNCC(=O)NC(=O)CN(CCC(c1ccccc1)c1ccccc1)C(=O)CNCCC(c1ccccc1)c1ccccc1. The number of nitrogens with one attached hydrogen (secondary N) is 3. The van der Waals surface area contributed by atoms with Crippen molar-refractivity contribution in [2.75, 3.05) is 59.9 Å². The Kier molecular flexibility index (Phi) is 15.7. The van der Waals surface area contributed by atoms with Crippen LogP contribution in [-0.4, -0.2) is 87.4 Å². The zero-order valence-corrected chi connectivity index (χ0v) is 28.9. The Hall–Kier alpha value is -4.63. The molecule has 49 heavy (non-hydrogen) atoms. The van der Waals surface area contributed by atoms with E-state index in [9.17, 15) is 14.4 Å². The summed E-state index contributed by atoms with van der Waals surface area (Å²) in [6.07, 6.45) is 2.32. The number of hydrogen-bond donors (Lipinski definition) is 3. The van der Waals surface area contributed by atoms with Crippen molar-refractivity contribution in [3.63, 3.8) is 0 Å². The maximum Gasteiger partial charge on any atom is 0.246 e. The van der Waals surface area contributed by atoms with Gasteiger partial charge in [-0.05, 0) is 75.2 Å². The zero-order valence-electron chi connectivity index (χ0n) is 28.9. The normalized spacial score (nSPS) is 11.2. The predicted molar refractivity (Wildman–Crippen MR) is 197 cm³/mol. The Balaban J connectivity index is 1.39. The fourth-order valence-electron chi connectivity index (χ4n) is 6.06. The summed E-state index contributed by atoms with van der Waals surface area (Å²) < 4.78 is 0. The molecule has 0 aliphatic heterocycles. The molecule has 4 aromatic carbocycles. The van der Waals surface area contributed by atoms with Crippen LogP contribution in [0.4, 0.5) is 0 Å². The first-order valence-electron chi connectivity index (χ1n) is 17.3. The summed E-state index contributed by atoms with van der Waals surface area (Å²) in [4.78, 5) is 43.0. The molecular formula is C41H51N5O3. The van der Waals surface area contributed by atoms with Crippen molar-refractivity contribution >= 4 is 17.7 Å². The molecule has 0 aromatic heterocycles. The van der Waals surface area contributed by atoms with Gasteiger partial charge in [0.05, 0.1) is 19.6 Å². The summed E-state index contributed by atoms with van der Waals surface area (Å²) >= 11 is 0. The number of amides is 3. The van der Waals surface area contributed by atoms with E-state index in [4.69, 9.17) is 0 Å². The van der Waals surface area contributed by atoms with Crippen LogP contribution in [0.25, 0.3) is 0 Å². The zero-order chi connectivity index (χ0) is 34.7. The highest BCUT2D eigenvalue weighted by molar-refractivity contribution is 5.98. The van der Waals surface area contributed by atoms with E-state index in [2.05, 4.69) is 93.6 Å². The maximum absolute atomic E-state index is 13.7. The first-order chi connectivity index (χ1) is 23.9. The first kappa shape index (κ1) is 37.2. The summed E-state index contributed by atoms with van der Waals surface area (Å²) in [5.74, 6) is -0.844. The lowest BCUT2D eigenvalue weighted by Crippen LogP contribution is -2.47.